The third kappa shape index (κ3) is 3.35. The van der Waals surface area contributed by atoms with Gasteiger partial charge in [-0.2, -0.15) is 0 Å². The van der Waals surface area contributed by atoms with Crippen LogP contribution < -0.4 is 11.3 Å². The van der Waals surface area contributed by atoms with Crippen LogP contribution in [0.2, 0.25) is 0 Å². The number of nitrogens with zero attached hydrogens (tertiary/aromatic N) is 2. The Hall–Kier alpha value is -0.810. The number of hydrogen-bond acceptors (Lipinski definition) is 3. The molecule has 1 saturated carbocycles. The number of ether oxygens (including phenoxy) is 1. The van der Waals surface area contributed by atoms with E-state index < -0.39 is 0 Å². The molecule has 0 aromatic rings. The fourth-order valence-electron chi connectivity index (χ4n) is 1.80. The third-order valence-corrected chi connectivity index (χ3v) is 2.95. The topological polar surface area (TPSA) is 62.9 Å². The summed E-state index contributed by atoms with van der Waals surface area (Å²) in [6, 6.07) is 0.481. The van der Waals surface area contributed by atoms with Crippen LogP contribution in [-0.2, 0) is 4.74 Å². The summed E-state index contributed by atoms with van der Waals surface area (Å²) in [6.07, 6.45) is 2.62. The fraction of sp³-hybridized carbons (Fsp3) is 0.900. The van der Waals surface area contributed by atoms with Crippen molar-refractivity contribution in [3.8, 4) is 0 Å². The van der Waals surface area contributed by atoms with Gasteiger partial charge in [0, 0.05) is 26.7 Å². The van der Waals surface area contributed by atoms with Crippen LogP contribution in [0.3, 0.4) is 0 Å². The number of nitrogens with one attached hydrogen (secondary N) is 1. The molecule has 5 heteroatoms. The van der Waals surface area contributed by atoms with Crippen LogP contribution in [0.1, 0.15) is 19.8 Å². The Morgan fingerprint density at radius 1 is 1.67 bits per heavy atom. The van der Waals surface area contributed by atoms with E-state index in [1.54, 1.807) is 14.2 Å². The molecule has 1 rings (SSSR count). The molecule has 3 N–H and O–H groups in total. The zero-order valence-electron chi connectivity index (χ0n) is 9.86. The van der Waals surface area contributed by atoms with Crippen molar-refractivity contribution in [3.63, 3.8) is 0 Å². The molecule has 5 nitrogen and oxygen atoms in total. The van der Waals surface area contributed by atoms with Gasteiger partial charge in [0.2, 0.25) is 5.96 Å². The van der Waals surface area contributed by atoms with Crippen molar-refractivity contribution in [2.24, 2.45) is 16.8 Å². The number of aliphatic imine (C=N–C) groups is 1. The Labute approximate surface area is 91.6 Å². The Balaban J connectivity index is 2.57. The summed E-state index contributed by atoms with van der Waals surface area (Å²) < 4.78 is 5.10. The van der Waals surface area contributed by atoms with Crippen LogP contribution in [-0.4, -0.2) is 44.2 Å². The highest BCUT2D eigenvalue weighted by atomic mass is 16.5. The van der Waals surface area contributed by atoms with Crippen molar-refractivity contribution in [2.75, 3.05) is 27.3 Å². The van der Waals surface area contributed by atoms with Gasteiger partial charge >= 0.3 is 0 Å². The lowest BCUT2D eigenvalue weighted by molar-refractivity contribution is 0.157. The van der Waals surface area contributed by atoms with Gasteiger partial charge in [0.15, 0.2) is 0 Å². The van der Waals surface area contributed by atoms with Crippen molar-refractivity contribution in [1.29, 1.82) is 0 Å². The first-order chi connectivity index (χ1) is 7.24. The lowest BCUT2D eigenvalue weighted by Crippen LogP contribution is -2.50. The van der Waals surface area contributed by atoms with Crippen LogP contribution in [0.5, 0.6) is 0 Å². The number of methoxy groups -OCH3 is 1. The molecular weight excluding hydrogens is 192 g/mol. The van der Waals surface area contributed by atoms with Gasteiger partial charge in [-0.1, -0.05) is 0 Å². The summed E-state index contributed by atoms with van der Waals surface area (Å²) in [7, 11) is 3.45. The van der Waals surface area contributed by atoms with E-state index in [0.29, 0.717) is 12.6 Å². The molecule has 0 heterocycles. The van der Waals surface area contributed by atoms with Gasteiger partial charge in [-0.05, 0) is 25.7 Å². The SMILES string of the molecule is CN=C(NN)N(CCOC)C(C)C1CC1. The minimum atomic E-state index is 0.481. The number of guanidine groups is 1. The maximum Gasteiger partial charge on any atom is 0.208 e. The molecular formula is C10H22N4O. The largest absolute Gasteiger partial charge is 0.383 e. The molecule has 88 valence electrons. The molecule has 0 amide bonds. The van der Waals surface area contributed by atoms with Crippen LogP contribution in [0.15, 0.2) is 4.99 Å². The lowest BCUT2D eigenvalue weighted by atomic mass is 10.2. The molecule has 1 fully saturated rings. The minimum Gasteiger partial charge on any atom is -0.383 e. The smallest absolute Gasteiger partial charge is 0.208 e. The summed E-state index contributed by atoms with van der Waals surface area (Å²) in [5.41, 5.74) is 2.64. The Morgan fingerprint density at radius 2 is 2.33 bits per heavy atom. The van der Waals surface area contributed by atoms with Gasteiger partial charge in [-0.15, -0.1) is 0 Å². The standard InChI is InChI=1S/C10H22N4O/c1-8(9-4-5-9)14(6-7-15-3)10(12-2)13-11/h8-9H,4-7,11H2,1-3H3,(H,12,13). The highest BCUT2D eigenvalue weighted by molar-refractivity contribution is 5.79. The second-order valence-electron chi connectivity index (χ2n) is 3.96. The van der Waals surface area contributed by atoms with Crippen molar-refractivity contribution >= 4 is 5.96 Å². The molecule has 0 aromatic carbocycles. The van der Waals surface area contributed by atoms with E-state index >= 15 is 0 Å². The first kappa shape index (κ1) is 12.3. The molecule has 0 aliphatic heterocycles. The average molecular weight is 214 g/mol. The van der Waals surface area contributed by atoms with Gasteiger partial charge in [-0.25, -0.2) is 5.84 Å². The highest BCUT2D eigenvalue weighted by Gasteiger charge is 2.33. The zero-order chi connectivity index (χ0) is 11.3. The second-order valence-corrected chi connectivity index (χ2v) is 3.96. The maximum absolute atomic E-state index is 5.45. The maximum atomic E-state index is 5.45. The highest BCUT2D eigenvalue weighted by Crippen LogP contribution is 2.35. The van der Waals surface area contributed by atoms with Gasteiger partial charge in [0.1, 0.15) is 0 Å². The molecule has 1 unspecified atom stereocenters. The second kappa shape index (κ2) is 5.92. The molecule has 1 atom stereocenters. The molecule has 0 spiro atoms. The predicted octanol–water partition coefficient (Wildman–Crippen LogP) is 0.182. The van der Waals surface area contributed by atoms with Crippen LogP contribution >= 0.6 is 0 Å². The van der Waals surface area contributed by atoms with Crippen molar-refractivity contribution < 1.29 is 4.74 Å². The van der Waals surface area contributed by atoms with E-state index in [9.17, 15) is 0 Å². The Kier molecular flexibility index (Phi) is 4.84. The van der Waals surface area contributed by atoms with Crippen molar-refractivity contribution in [3.05, 3.63) is 0 Å². The lowest BCUT2D eigenvalue weighted by Gasteiger charge is -2.31. The summed E-state index contributed by atoms with van der Waals surface area (Å²) in [4.78, 5) is 6.32. The van der Waals surface area contributed by atoms with Gasteiger partial charge in [0.25, 0.3) is 0 Å². The minimum absolute atomic E-state index is 0.481. The van der Waals surface area contributed by atoms with E-state index in [2.05, 4.69) is 22.2 Å². The fourth-order valence-corrected chi connectivity index (χ4v) is 1.80. The number of hydrogen-bond donors (Lipinski definition) is 2. The van der Waals surface area contributed by atoms with E-state index in [4.69, 9.17) is 10.6 Å². The van der Waals surface area contributed by atoms with Gasteiger partial charge in [0.05, 0.1) is 6.61 Å². The van der Waals surface area contributed by atoms with E-state index in [-0.39, 0.29) is 0 Å². The molecule has 0 saturated heterocycles. The summed E-state index contributed by atoms with van der Waals surface area (Å²) in [6.45, 7) is 3.73. The molecule has 1 aliphatic rings. The van der Waals surface area contributed by atoms with Gasteiger partial charge < -0.3 is 9.64 Å². The van der Waals surface area contributed by atoms with Crippen LogP contribution in [0.4, 0.5) is 0 Å². The van der Waals surface area contributed by atoms with Crippen molar-refractivity contribution in [2.45, 2.75) is 25.8 Å². The number of nitrogens with two attached hydrogens (primary N) is 1. The number of hydrazine groups is 1. The molecule has 0 radical (unpaired) electrons. The molecule has 1 aliphatic carbocycles. The zero-order valence-corrected chi connectivity index (χ0v) is 9.86. The summed E-state index contributed by atoms with van der Waals surface area (Å²) in [5.74, 6) is 6.98. The predicted molar refractivity (Wildman–Crippen MR) is 61.5 cm³/mol. The van der Waals surface area contributed by atoms with Crippen LogP contribution in [0, 0.1) is 5.92 Å². The number of rotatable bonds is 5. The molecule has 0 bridgehead atoms. The first-order valence-electron chi connectivity index (χ1n) is 5.43. The molecule has 0 aromatic heterocycles. The Bertz CT molecular complexity index is 215. The van der Waals surface area contributed by atoms with E-state index in [1.165, 1.54) is 12.8 Å². The third-order valence-electron chi connectivity index (χ3n) is 2.95. The Morgan fingerprint density at radius 3 is 2.73 bits per heavy atom. The summed E-state index contributed by atoms with van der Waals surface area (Å²) >= 11 is 0. The van der Waals surface area contributed by atoms with E-state index in [0.717, 1.165) is 18.4 Å². The summed E-state index contributed by atoms with van der Waals surface area (Å²) in [5, 5.41) is 0. The monoisotopic (exact) mass is 214 g/mol. The average Bonchev–Trinajstić information content (AvgIpc) is 3.07. The van der Waals surface area contributed by atoms with Crippen molar-refractivity contribution in [1.82, 2.24) is 10.3 Å². The first-order valence-corrected chi connectivity index (χ1v) is 5.43. The van der Waals surface area contributed by atoms with E-state index in [1.807, 2.05) is 0 Å². The molecule has 15 heavy (non-hydrogen) atoms. The normalized spacial score (nSPS) is 18.8. The van der Waals surface area contributed by atoms with Crippen LogP contribution in [0.25, 0.3) is 0 Å². The van der Waals surface area contributed by atoms with Gasteiger partial charge in [-0.3, -0.25) is 10.4 Å². The quantitative estimate of drug-likeness (QED) is 0.297.